The Labute approximate surface area is 640 Å². The molecule has 44 heteroatoms. The van der Waals surface area contributed by atoms with Gasteiger partial charge in [0.25, 0.3) is 0 Å². The van der Waals surface area contributed by atoms with E-state index in [0.29, 0.717) is 0 Å². The Morgan fingerprint density at radius 1 is 0.268 bits per heavy atom. The molecule has 0 unspecified atom stereocenters. The van der Waals surface area contributed by atoms with E-state index in [4.69, 9.17) is 46.4 Å². The molecular weight excluding hydrogens is 1770 g/mol. The van der Waals surface area contributed by atoms with E-state index in [0.717, 1.165) is 0 Å². The Morgan fingerprint density at radius 2 is 0.482 bits per heavy atom. The Morgan fingerprint density at radius 3 is 0.786 bits per heavy atom. The summed E-state index contributed by atoms with van der Waals surface area (Å²) in [7, 11) is 0. The van der Waals surface area contributed by atoms with Gasteiger partial charge >= 0.3 is 34.1 Å². The number of rotatable bonds is 6. The Hall–Kier alpha value is -10.1. The van der Waals surface area contributed by atoms with E-state index >= 15 is 105 Å². The number of aromatic nitrogens is 4. The largest absolute Gasteiger partial charge is 2.00 e. The van der Waals surface area contributed by atoms with Gasteiger partial charge in [-0.3, -0.25) is 9.98 Å². The van der Waals surface area contributed by atoms with E-state index in [1.807, 2.05) is 0 Å². The van der Waals surface area contributed by atoms with Crippen LogP contribution in [-0.2, 0) is 34.1 Å². The van der Waals surface area contributed by atoms with Crippen LogP contribution in [0.25, 0.3) is 112 Å². The first-order valence-corrected chi connectivity index (χ1v) is 30.8. The van der Waals surface area contributed by atoms with Crippen LogP contribution in [0, 0.1) is 175 Å². The average molecular weight is 1790 g/mol. The van der Waals surface area contributed by atoms with Gasteiger partial charge in [-0.25, -0.2) is 115 Å². The van der Waals surface area contributed by atoms with Gasteiger partial charge in [0.15, 0.2) is 122 Å². The van der Waals surface area contributed by atoms with Crippen molar-refractivity contribution >= 4 is 115 Å². The number of fused-ring (bicyclic) bond motifs is 12. The molecule has 0 saturated carbocycles. The third kappa shape index (κ3) is 13.8. The number of hydrogen-bond acceptors (Lipinski definition) is 5. The van der Waals surface area contributed by atoms with Gasteiger partial charge in [-0.1, -0.05) is 23.2 Å². The van der Waals surface area contributed by atoms with Crippen LogP contribution in [0.2, 0.25) is 0 Å². The van der Waals surface area contributed by atoms with Crippen molar-refractivity contribution in [3.8, 4) is 66.8 Å². The van der Waals surface area contributed by atoms with Gasteiger partial charge in [0, 0.05) is 11.1 Å². The first-order valence-electron chi connectivity index (χ1n) is 28.6. The van der Waals surface area contributed by atoms with Crippen LogP contribution in [0.5, 0.6) is 0 Å². The molecule has 7 heterocycles. The quantitative estimate of drug-likeness (QED) is 0.0408. The van der Waals surface area contributed by atoms with Gasteiger partial charge in [0.1, 0.15) is 0 Å². The SMILES string of the molecule is ClCCl.ClCCl.[Cu+2].[Cu+2].[O-]C1=Nc2cc1c(-c1c(F)c(F)c(F)c(F)c1F)c1nc(c(-c3c(F)c(F)c(F)c(F)c3F)c3ccc([n-]3)c(-c3c(F)c(F)c(F)c(F)c3F)c3cc(c(-c4c(F)c(F)c(F)c(F)c4F)c4ccc([n-]4)[c+](-c4c(F)c(F)c(F)c(F)c4F)c4ccc([n-]4)c2-c2c(F)c(F)c(F)c(F)c2F)N=C3[O-])C=C1. The van der Waals surface area contributed by atoms with E-state index in [9.17, 15) is 36.6 Å². The monoisotopic (exact) mass is 1780 g/mol. The fraction of sp³-hybridized carbons (Fsp3) is 0.0294. The van der Waals surface area contributed by atoms with Crippen LogP contribution in [0.15, 0.2) is 58.5 Å². The molecule has 8 nitrogen and oxygen atoms in total. The normalized spacial score (nSPS) is 11.9. The molecule has 0 saturated heterocycles. The first kappa shape index (κ1) is 85.9. The molecule has 0 atom stereocenters. The molecule has 3 aliphatic heterocycles. The molecule has 3 aliphatic rings. The standard InChI is InChI=1S/C66H12F30N6O2.2CH2Cl2.2Cu/c67-35-29(36(68)48(80)59(91)47(35)79)23-11-9-21(101-65(11)103)27(33-43(75)55(87)63(95)56(88)44(33)76)19-7-5-17(99-19)26(32-41(73)53(85)62(94)54(86)42(32)74)18-6-8-20(100-18)28(34-45(77)57(89)64(96)58(90)46(34)78)22-10-12(66(104)102-22)24(30-37(69)49(81)60(92)50(82)38(30)70)14-2-4-16(98-14)25(15-3-1-13(23)97-15)31-39(71)51(83)61(93)52(84)40(31)72;2*2-1-3;;/h1-10H,(H2-3,97,98,99,100,101,102,103,104);2*1H2;;/q-2;;;2*+2/p-2. The second-order valence-electron chi connectivity index (χ2n) is 21.7. The third-order valence-electron chi connectivity index (χ3n) is 15.9. The molecule has 0 spiro atoms. The molecule has 0 fully saturated rings. The minimum Gasteiger partial charge on any atom is -0.858 e. The molecule has 112 heavy (non-hydrogen) atoms. The summed E-state index contributed by atoms with van der Waals surface area (Å²) in [6.45, 7) is 0. The van der Waals surface area contributed by atoms with Gasteiger partial charge in [-0.15, -0.1) is 68.5 Å². The second kappa shape index (κ2) is 32.6. The van der Waals surface area contributed by atoms with Crippen molar-refractivity contribution in [2.45, 2.75) is 0 Å². The summed E-state index contributed by atoms with van der Waals surface area (Å²) < 4.78 is 473. The molecular formula is C68H14Cl4Cu2F30N6O2. The topological polar surface area (TPSA) is 126 Å². The fourth-order valence-electron chi connectivity index (χ4n) is 11.3. The predicted molar refractivity (Wildman–Crippen MR) is 329 cm³/mol. The molecule has 0 N–H and O–H groups in total. The molecule has 0 aliphatic carbocycles. The Kier molecular flexibility index (Phi) is 25.0. The van der Waals surface area contributed by atoms with Crippen LogP contribution in [-0.4, -0.2) is 27.5 Å². The molecule has 13 rings (SSSR count). The van der Waals surface area contributed by atoms with Crippen LogP contribution >= 0.6 is 46.4 Å². The van der Waals surface area contributed by atoms with Crippen LogP contribution < -0.4 is 25.2 Å². The van der Waals surface area contributed by atoms with E-state index in [2.05, 4.69) is 29.9 Å². The van der Waals surface area contributed by atoms with E-state index in [1.54, 1.807) is 0 Å². The summed E-state index contributed by atoms with van der Waals surface area (Å²) in [5, 5.41) is 29.4. The minimum atomic E-state index is -3.05. The van der Waals surface area contributed by atoms with Gasteiger partial charge in [0.05, 0.1) is 61.3 Å². The number of alkyl halides is 4. The van der Waals surface area contributed by atoms with Gasteiger partial charge in [-0.2, -0.15) is 22.0 Å². The summed E-state index contributed by atoms with van der Waals surface area (Å²) in [5.41, 5.74) is -45.1. The van der Waals surface area contributed by atoms with Crippen LogP contribution in [0.3, 0.4) is 0 Å². The fourth-order valence-corrected chi connectivity index (χ4v) is 11.3. The van der Waals surface area contributed by atoms with Crippen molar-refractivity contribution in [3.63, 3.8) is 0 Å². The van der Waals surface area contributed by atoms with E-state index < -0.39 is 320 Å². The zero-order valence-electron chi connectivity index (χ0n) is 52.1. The summed E-state index contributed by atoms with van der Waals surface area (Å²) in [6.07, 6.45) is 0.377. The first-order chi connectivity index (χ1) is 51.8. The maximum Gasteiger partial charge on any atom is 2.00 e. The van der Waals surface area contributed by atoms with E-state index in [1.165, 1.54) is 0 Å². The number of halogens is 34. The van der Waals surface area contributed by atoms with Crippen molar-refractivity contribution in [2.75, 3.05) is 10.7 Å². The third-order valence-corrected chi connectivity index (χ3v) is 15.9. The zero-order valence-corrected chi connectivity index (χ0v) is 57.0. The Bertz CT molecular complexity index is 6010. The summed E-state index contributed by atoms with van der Waals surface area (Å²) in [5.74, 6) is -94.2. The molecule has 588 valence electrons. The number of aliphatic imine (C=N–C) groups is 2. The molecule has 6 aromatic carbocycles. The van der Waals surface area contributed by atoms with Crippen molar-refractivity contribution in [2.24, 2.45) is 9.98 Å². The maximum atomic E-state index is 16.5. The van der Waals surface area contributed by atoms with Crippen LogP contribution in [0.1, 0.15) is 22.5 Å². The van der Waals surface area contributed by atoms with Crippen LogP contribution in [0.4, 0.5) is 143 Å². The van der Waals surface area contributed by atoms with Gasteiger partial charge < -0.3 is 25.2 Å². The Balaban J connectivity index is 0.00000174. The summed E-state index contributed by atoms with van der Waals surface area (Å²) >= 11 is 19.1. The van der Waals surface area contributed by atoms with Crippen molar-refractivity contribution in [3.05, 3.63) is 246 Å². The van der Waals surface area contributed by atoms with Gasteiger partial charge in [-0.05, 0) is 93.7 Å². The van der Waals surface area contributed by atoms with Crippen molar-refractivity contribution in [1.82, 2.24) is 19.9 Å². The van der Waals surface area contributed by atoms with E-state index in [-0.39, 0.29) is 105 Å². The number of nitrogens with zero attached hydrogens (tertiary/aromatic N) is 6. The molecule has 10 aromatic rings. The molecule has 12 bridgehead atoms. The summed E-state index contributed by atoms with van der Waals surface area (Å²) in [6, 6.07) is 1.00. The summed E-state index contributed by atoms with van der Waals surface area (Å²) in [4.78, 5) is 21.7. The predicted octanol–water partition coefficient (Wildman–Crippen LogP) is 20.6. The van der Waals surface area contributed by atoms with Gasteiger partial charge in [0.2, 0.25) is 58.2 Å². The maximum absolute atomic E-state index is 16.5. The van der Waals surface area contributed by atoms with Crippen molar-refractivity contribution < 1.29 is 176 Å². The molecule has 4 aromatic heterocycles. The smallest absolute Gasteiger partial charge is 0.858 e. The minimum absolute atomic E-state index is 0. The number of benzene rings is 6. The van der Waals surface area contributed by atoms with Crippen molar-refractivity contribution in [1.29, 1.82) is 0 Å². The molecule has 0 amide bonds. The molecule has 2 radical (unpaired) electrons. The number of hydrogen-bond donors (Lipinski definition) is 0. The zero-order chi connectivity index (χ0) is 81.1. The second-order valence-corrected chi connectivity index (χ2v) is 23.3. The average Bonchev–Trinajstić information content (AvgIpc) is 1.56.